The highest BCUT2D eigenvalue weighted by molar-refractivity contribution is 8.00. The highest BCUT2D eigenvalue weighted by atomic mass is 32.2. The minimum Gasteiger partial charge on any atom is -0.507 e. The molecule has 1 aliphatic heterocycles. The van der Waals surface area contributed by atoms with Crippen molar-refractivity contribution in [1.82, 2.24) is 10.2 Å². The van der Waals surface area contributed by atoms with Crippen molar-refractivity contribution in [1.29, 1.82) is 0 Å². The quantitative estimate of drug-likeness (QED) is 0.0706. The molecule has 1 aromatic heterocycles. The maximum atomic E-state index is 14.4. The van der Waals surface area contributed by atoms with Gasteiger partial charge in [0.05, 0.1) is 18.7 Å². The second-order valence-electron chi connectivity index (χ2n) is 9.69. The van der Waals surface area contributed by atoms with Gasteiger partial charge in [-0.25, -0.2) is 4.39 Å². The summed E-state index contributed by atoms with van der Waals surface area (Å²) in [5.41, 5.74) is 1.96. The summed E-state index contributed by atoms with van der Waals surface area (Å²) in [6, 6.07) is 24.3. The van der Waals surface area contributed by atoms with Gasteiger partial charge in [-0.05, 0) is 52.6 Å². The van der Waals surface area contributed by atoms with Crippen LogP contribution in [0, 0.1) is 12.7 Å². The fourth-order valence-electron chi connectivity index (χ4n) is 4.97. The van der Waals surface area contributed by atoms with Gasteiger partial charge in [-0.3, -0.25) is 14.5 Å². The van der Waals surface area contributed by atoms with Gasteiger partial charge in [0, 0.05) is 11.3 Å². The topological polar surface area (TPSA) is 92.6 Å². The molecule has 0 saturated carbocycles. The molecule has 10 heteroatoms. The van der Waals surface area contributed by atoms with Gasteiger partial charge in [-0.2, -0.15) is 0 Å². The SMILES string of the molecule is COc1cccc(C2/C(=C(\O)c3ccc(C)c(F)c3)C(=O)C(=O)N2c2nnc(SCc3cccc4ccccc34)s2)c1. The molecule has 0 spiro atoms. The summed E-state index contributed by atoms with van der Waals surface area (Å²) >= 11 is 2.66. The van der Waals surface area contributed by atoms with E-state index in [2.05, 4.69) is 34.5 Å². The molecule has 2 heterocycles. The van der Waals surface area contributed by atoms with Crippen LogP contribution in [-0.2, 0) is 15.3 Å². The van der Waals surface area contributed by atoms with Crippen LogP contribution in [-0.4, -0.2) is 34.1 Å². The summed E-state index contributed by atoms with van der Waals surface area (Å²) in [5.74, 6) is -1.64. The average Bonchev–Trinajstić information content (AvgIpc) is 3.58. The molecule has 42 heavy (non-hydrogen) atoms. The van der Waals surface area contributed by atoms with Crippen LogP contribution in [0.2, 0.25) is 0 Å². The third-order valence-corrected chi connectivity index (χ3v) is 9.24. The van der Waals surface area contributed by atoms with Gasteiger partial charge >= 0.3 is 5.91 Å². The van der Waals surface area contributed by atoms with Gasteiger partial charge in [0.2, 0.25) is 5.13 Å². The monoisotopic (exact) mass is 597 g/mol. The molecule has 0 aliphatic carbocycles. The van der Waals surface area contributed by atoms with Crippen LogP contribution in [0.25, 0.3) is 16.5 Å². The van der Waals surface area contributed by atoms with Crippen LogP contribution in [0.4, 0.5) is 9.52 Å². The van der Waals surface area contributed by atoms with E-state index >= 15 is 0 Å². The van der Waals surface area contributed by atoms with Gasteiger partial charge < -0.3 is 9.84 Å². The van der Waals surface area contributed by atoms with Gasteiger partial charge in [-0.15, -0.1) is 10.2 Å². The maximum Gasteiger partial charge on any atom is 0.301 e. The second kappa shape index (κ2) is 11.4. The van der Waals surface area contributed by atoms with Crippen LogP contribution < -0.4 is 9.64 Å². The van der Waals surface area contributed by atoms with E-state index in [9.17, 15) is 19.1 Å². The lowest BCUT2D eigenvalue weighted by Crippen LogP contribution is -2.29. The third-order valence-electron chi connectivity index (χ3n) is 7.13. The highest BCUT2D eigenvalue weighted by Crippen LogP contribution is 2.44. The van der Waals surface area contributed by atoms with Crippen molar-refractivity contribution >= 4 is 56.5 Å². The van der Waals surface area contributed by atoms with Crippen LogP contribution in [0.1, 0.15) is 28.3 Å². The normalized spacial score (nSPS) is 16.4. The van der Waals surface area contributed by atoms with Gasteiger partial charge in [0.15, 0.2) is 4.34 Å². The number of hydrogen-bond donors (Lipinski definition) is 1. The summed E-state index contributed by atoms with van der Waals surface area (Å²) < 4.78 is 20.4. The standard InChI is InChI=1S/C32H24FN3O4S2/c1-18-13-14-21(16-25(18)33)28(37)26-27(20-9-6-11-23(15-20)40-2)36(30(39)29(26)38)31-34-35-32(42-31)41-17-22-10-5-8-19-7-3-4-12-24(19)22/h3-16,27,37H,17H2,1-2H3/b28-26+. The van der Waals surface area contributed by atoms with Crippen molar-refractivity contribution in [2.24, 2.45) is 0 Å². The Balaban J connectivity index is 1.39. The number of aliphatic hydroxyl groups is 1. The molecular formula is C32H24FN3O4S2. The van der Waals surface area contributed by atoms with Crippen molar-refractivity contribution in [3.63, 3.8) is 0 Å². The van der Waals surface area contributed by atoms with Gasteiger partial charge in [-0.1, -0.05) is 89.8 Å². The van der Waals surface area contributed by atoms with Crippen molar-refractivity contribution in [3.8, 4) is 5.75 Å². The van der Waals surface area contributed by atoms with E-state index in [1.165, 1.54) is 47.2 Å². The maximum absolute atomic E-state index is 14.4. The number of rotatable bonds is 7. The zero-order valence-corrected chi connectivity index (χ0v) is 24.2. The average molecular weight is 598 g/mol. The molecule has 6 rings (SSSR count). The van der Waals surface area contributed by atoms with Crippen LogP contribution in [0.15, 0.2) is 94.8 Å². The lowest BCUT2D eigenvalue weighted by molar-refractivity contribution is -0.132. The Bertz CT molecular complexity index is 1880. The number of nitrogens with zero attached hydrogens (tertiary/aromatic N) is 3. The van der Waals surface area contributed by atoms with Crippen LogP contribution in [0.5, 0.6) is 5.75 Å². The van der Waals surface area contributed by atoms with Crippen molar-refractivity contribution in [2.75, 3.05) is 12.0 Å². The number of fused-ring (bicyclic) bond motifs is 1. The number of carbonyl (C=O) groups excluding carboxylic acids is 2. The first kappa shape index (κ1) is 27.6. The molecule has 1 aliphatic rings. The number of methoxy groups -OCH3 is 1. The van der Waals surface area contributed by atoms with Gasteiger partial charge in [0.1, 0.15) is 17.3 Å². The number of halogens is 1. The molecule has 1 atom stereocenters. The Kier molecular flexibility index (Phi) is 7.49. The Labute approximate surface area is 249 Å². The summed E-state index contributed by atoms with van der Waals surface area (Å²) in [6.45, 7) is 1.60. The van der Waals surface area contributed by atoms with Crippen molar-refractivity contribution in [2.45, 2.75) is 23.1 Å². The van der Waals surface area contributed by atoms with E-state index in [0.29, 0.717) is 27.0 Å². The number of aliphatic hydroxyl groups excluding tert-OH is 1. The molecule has 0 bridgehead atoms. The van der Waals surface area contributed by atoms with E-state index in [-0.39, 0.29) is 16.3 Å². The summed E-state index contributed by atoms with van der Waals surface area (Å²) in [6.07, 6.45) is 0. The summed E-state index contributed by atoms with van der Waals surface area (Å²) in [5, 5.41) is 22.4. The molecule has 4 aromatic carbocycles. The van der Waals surface area contributed by atoms with Crippen LogP contribution in [0.3, 0.4) is 0 Å². The number of amides is 1. The Morgan fingerprint density at radius 1 is 1.02 bits per heavy atom. The summed E-state index contributed by atoms with van der Waals surface area (Å²) in [7, 11) is 1.51. The van der Waals surface area contributed by atoms with E-state index in [0.717, 1.165) is 22.4 Å². The molecule has 1 N–H and O–H groups in total. The first-order chi connectivity index (χ1) is 20.4. The first-order valence-corrected chi connectivity index (χ1v) is 14.8. The fourth-order valence-corrected chi connectivity index (χ4v) is 6.84. The molecule has 1 amide bonds. The van der Waals surface area contributed by atoms with E-state index in [1.807, 2.05) is 18.2 Å². The van der Waals surface area contributed by atoms with E-state index in [4.69, 9.17) is 4.74 Å². The number of thioether (sulfide) groups is 1. The molecule has 1 saturated heterocycles. The van der Waals surface area contributed by atoms with Crippen LogP contribution >= 0.6 is 23.1 Å². The predicted octanol–water partition coefficient (Wildman–Crippen LogP) is 7.07. The minimum absolute atomic E-state index is 0.0904. The zero-order valence-electron chi connectivity index (χ0n) is 22.6. The number of benzene rings is 4. The summed E-state index contributed by atoms with van der Waals surface area (Å²) in [4.78, 5) is 28.2. The van der Waals surface area contributed by atoms with E-state index < -0.39 is 29.3 Å². The van der Waals surface area contributed by atoms with Gasteiger partial charge in [0.25, 0.3) is 5.78 Å². The lowest BCUT2D eigenvalue weighted by Gasteiger charge is -2.23. The number of ether oxygens (including phenoxy) is 1. The smallest absolute Gasteiger partial charge is 0.301 e. The van der Waals surface area contributed by atoms with E-state index in [1.54, 1.807) is 31.2 Å². The second-order valence-corrected chi connectivity index (χ2v) is 11.9. The number of aromatic nitrogens is 2. The largest absolute Gasteiger partial charge is 0.507 e. The Hall–Kier alpha value is -4.54. The molecule has 210 valence electrons. The number of carbonyl (C=O) groups is 2. The first-order valence-electron chi connectivity index (χ1n) is 13.0. The number of anilines is 1. The van der Waals surface area contributed by atoms with Crippen molar-refractivity contribution < 1.29 is 23.8 Å². The lowest BCUT2D eigenvalue weighted by atomic mass is 9.95. The number of ketones is 1. The Morgan fingerprint density at radius 3 is 2.62 bits per heavy atom. The molecular weight excluding hydrogens is 574 g/mol. The molecule has 1 unspecified atom stereocenters. The number of hydrogen-bond acceptors (Lipinski definition) is 8. The highest BCUT2D eigenvalue weighted by Gasteiger charge is 2.48. The molecule has 5 aromatic rings. The van der Waals surface area contributed by atoms with Crippen molar-refractivity contribution in [3.05, 3.63) is 119 Å². The number of Topliss-reactive ketones (excluding diaryl/α,β-unsaturated/α-hetero) is 1. The number of aryl methyl sites for hydroxylation is 1. The fraction of sp³-hybridized carbons (Fsp3) is 0.125. The Morgan fingerprint density at radius 2 is 1.81 bits per heavy atom. The zero-order chi connectivity index (χ0) is 29.4. The minimum atomic E-state index is -1.03. The predicted molar refractivity (Wildman–Crippen MR) is 162 cm³/mol. The third kappa shape index (κ3) is 5.03. The molecule has 7 nitrogen and oxygen atoms in total. The molecule has 0 radical (unpaired) electrons. The molecule has 1 fully saturated rings.